The molecule has 0 unspecified atom stereocenters. The molecular weight excluding hydrogens is 296 g/mol. The van der Waals surface area contributed by atoms with E-state index in [1.807, 2.05) is 0 Å². The Morgan fingerprint density at radius 3 is 2.22 bits per heavy atom. The highest BCUT2D eigenvalue weighted by Crippen LogP contribution is 2.34. The van der Waals surface area contributed by atoms with E-state index in [0.29, 0.717) is 11.6 Å². The van der Waals surface area contributed by atoms with E-state index in [1.54, 1.807) is 20.0 Å². The van der Waals surface area contributed by atoms with Gasteiger partial charge in [0.1, 0.15) is 0 Å². The number of carbonyl (C=O) groups excluding carboxylic acids is 2. The van der Waals surface area contributed by atoms with E-state index in [9.17, 15) is 9.59 Å². The van der Waals surface area contributed by atoms with E-state index in [2.05, 4.69) is 9.97 Å². The average molecular weight is 320 g/mol. The summed E-state index contributed by atoms with van der Waals surface area (Å²) in [5.74, 6) is -0.969. The van der Waals surface area contributed by atoms with Crippen LogP contribution in [0, 0.1) is 0 Å². The minimum absolute atomic E-state index is 0.184. The lowest BCUT2D eigenvalue weighted by molar-refractivity contribution is -0.164. The zero-order valence-electron chi connectivity index (χ0n) is 14.0. The van der Waals surface area contributed by atoms with Crippen molar-refractivity contribution < 1.29 is 19.1 Å². The second-order valence-electron chi connectivity index (χ2n) is 5.88. The Labute approximate surface area is 136 Å². The number of hydrogen-bond acceptors (Lipinski definition) is 6. The van der Waals surface area contributed by atoms with Gasteiger partial charge in [-0.1, -0.05) is 12.8 Å². The molecule has 23 heavy (non-hydrogen) atoms. The van der Waals surface area contributed by atoms with Gasteiger partial charge in [0.15, 0.2) is 0 Å². The van der Waals surface area contributed by atoms with Gasteiger partial charge in [0.2, 0.25) is 5.41 Å². The molecule has 0 bridgehead atoms. The summed E-state index contributed by atoms with van der Waals surface area (Å²) in [6, 6.07) is 0. The summed E-state index contributed by atoms with van der Waals surface area (Å²) in [5, 5.41) is 0. The van der Waals surface area contributed by atoms with Crippen LogP contribution in [0.25, 0.3) is 0 Å². The highest BCUT2D eigenvalue weighted by atomic mass is 16.6. The van der Waals surface area contributed by atoms with Crippen molar-refractivity contribution in [3.63, 3.8) is 0 Å². The zero-order chi connectivity index (χ0) is 16.9. The van der Waals surface area contributed by atoms with Crippen molar-refractivity contribution in [1.29, 1.82) is 0 Å². The Morgan fingerprint density at radius 2 is 1.70 bits per heavy atom. The van der Waals surface area contributed by atoms with Crippen molar-refractivity contribution in [3.05, 3.63) is 23.8 Å². The molecule has 126 valence electrons. The molecule has 1 aliphatic rings. The van der Waals surface area contributed by atoms with Crippen LogP contribution in [0.4, 0.5) is 0 Å². The molecule has 0 saturated heterocycles. The van der Waals surface area contributed by atoms with Gasteiger partial charge in [-0.2, -0.15) is 0 Å². The van der Waals surface area contributed by atoms with Crippen molar-refractivity contribution in [2.75, 3.05) is 13.2 Å². The Hall–Kier alpha value is -1.98. The van der Waals surface area contributed by atoms with Gasteiger partial charge in [0.25, 0.3) is 0 Å². The number of hydrogen-bond donors (Lipinski definition) is 0. The van der Waals surface area contributed by atoms with Crippen LogP contribution in [0.5, 0.6) is 0 Å². The summed E-state index contributed by atoms with van der Waals surface area (Å²) < 4.78 is 10.2. The molecule has 0 aliphatic heterocycles. The molecule has 1 saturated carbocycles. The predicted octanol–water partition coefficient (Wildman–Crippen LogP) is 2.52. The first-order chi connectivity index (χ1) is 11.0. The van der Waals surface area contributed by atoms with Crippen molar-refractivity contribution in [2.24, 2.45) is 0 Å². The molecule has 1 aromatic heterocycles. The van der Waals surface area contributed by atoms with Gasteiger partial charge in [-0.05, 0) is 33.6 Å². The van der Waals surface area contributed by atoms with Gasteiger partial charge in [0, 0.05) is 12.1 Å². The third kappa shape index (κ3) is 3.51. The molecule has 0 N–H and O–H groups in total. The summed E-state index contributed by atoms with van der Waals surface area (Å²) >= 11 is 0. The maximum absolute atomic E-state index is 12.4. The maximum atomic E-state index is 12.4. The highest BCUT2D eigenvalue weighted by molar-refractivity contribution is 6.05. The molecule has 1 aromatic rings. The van der Waals surface area contributed by atoms with Crippen molar-refractivity contribution in [1.82, 2.24) is 9.97 Å². The molecule has 0 aromatic carbocycles. The van der Waals surface area contributed by atoms with E-state index >= 15 is 0 Å². The minimum Gasteiger partial charge on any atom is -0.465 e. The molecule has 0 atom stereocenters. The van der Waals surface area contributed by atoms with Gasteiger partial charge in [0.05, 0.1) is 30.8 Å². The maximum Gasteiger partial charge on any atom is 0.329 e. The summed E-state index contributed by atoms with van der Waals surface area (Å²) in [5.41, 5.74) is -0.466. The smallest absolute Gasteiger partial charge is 0.329 e. The van der Waals surface area contributed by atoms with Gasteiger partial charge < -0.3 is 9.47 Å². The summed E-state index contributed by atoms with van der Waals surface area (Å²) in [6.07, 6.45) is 7.64. The van der Waals surface area contributed by atoms with E-state index in [1.165, 1.54) is 26.0 Å². The molecule has 6 nitrogen and oxygen atoms in total. The van der Waals surface area contributed by atoms with E-state index < -0.39 is 17.4 Å². The number of aromatic nitrogens is 2. The fraction of sp³-hybridized carbons (Fsp3) is 0.647. The Bertz CT molecular complexity index is 549. The SMILES string of the molecule is CCOC(=O)C(C)(C(=O)OCC)c1cncc(C2CCCC2)n1. The Balaban J connectivity index is 2.40. The monoisotopic (exact) mass is 320 g/mol. The number of nitrogens with zero attached hydrogens (tertiary/aromatic N) is 2. The van der Waals surface area contributed by atoms with Crippen molar-refractivity contribution >= 4 is 11.9 Å². The normalized spacial score (nSPS) is 15.4. The number of ether oxygens (including phenoxy) is 2. The predicted molar refractivity (Wildman–Crippen MR) is 83.9 cm³/mol. The van der Waals surface area contributed by atoms with Crippen LogP contribution in [0.3, 0.4) is 0 Å². The van der Waals surface area contributed by atoms with Crippen LogP contribution in [-0.4, -0.2) is 35.1 Å². The lowest BCUT2D eigenvalue weighted by atomic mass is 9.86. The molecule has 1 aliphatic carbocycles. The summed E-state index contributed by atoms with van der Waals surface area (Å²) in [4.78, 5) is 33.6. The van der Waals surface area contributed by atoms with E-state index in [4.69, 9.17) is 9.47 Å². The number of carbonyl (C=O) groups is 2. The fourth-order valence-electron chi connectivity index (χ4n) is 2.88. The second-order valence-corrected chi connectivity index (χ2v) is 5.88. The van der Waals surface area contributed by atoms with Gasteiger partial charge in [-0.25, -0.2) is 0 Å². The first-order valence-electron chi connectivity index (χ1n) is 8.20. The first kappa shape index (κ1) is 17.4. The third-order valence-electron chi connectivity index (χ3n) is 4.31. The van der Waals surface area contributed by atoms with Crippen LogP contribution in [0.15, 0.2) is 12.4 Å². The van der Waals surface area contributed by atoms with Crippen LogP contribution in [0.2, 0.25) is 0 Å². The summed E-state index contributed by atoms with van der Waals surface area (Å²) in [7, 11) is 0. The number of rotatable bonds is 6. The highest BCUT2D eigenvalue weighted by Gasteiger charge is 2.48. The van der Waals surface area contributed by atoms with Gasteiger partial charge >= 0.3 is 11.9 Å². The second kappa shape index (κ2) is 7.53. The van der Waals surface area contributed by atoms with Crippen molar-refractivity contribution in [2.45, 2.75) is 57.8 Å². The lowest BCUT2D eigenvalue weighted by Crippen LogP contribution is -2.44. The molecule has 0 amide bonds. The molecule has 0 spiro atoms. The topological polar surface area (TPSA) is 78.4 Å². The third-order valence-corrected chi connectivity index (χ3v) is 4.31. The number of esters is 2. The fourth-order valence-corrected chi connectivity index (χ4v) is 2.88. The molecular formula is C17H24N2O4. The Kier molecular flexibility index (Phi) is 5.69. The van der Waals surface area contributed by atoms with Crippen LogP contribution in [-0.2, 0) is 24.5 Å². The van der Waals surface area contributed by atoms with E-state index in [0.717, 1.165) is 18.5 Å². The first-order valence-corrected chi connectivity index (χ1v) is 8.20. The van der Waals surface area contributed by atoms with E-state index in [-0.39, 0.29) is 13.2 Å². The lowest BCUT2D eigenvalue weighted by Gasteiger charge is -2.25. The summed E-state index contributed by atoms with van der Waals surface area (Å²) in [6.45, 7) is 5.26. The molecule has 0 radical (unpaired) electrons. The van der Waals surface area contributed by atoms with Gasteiger partial charge in [-0.3, -0.25) is 19.6 Å². The van der Waals surface area contributed by atoms with Gasteiger partial charge in [-0.15, -0.1) is 0 Å². The average Bonchev–Trinajstić information content (AvgIpc) is 3.09. The van der Waals surface area contributed by atoms with Crippen LogP contribution >= 0.6 is 0 Å². The molecule has 2 rings (SSSR count). The standard InChI is InChI=1S/C17H24N2O4/c1-4-22-15(20)17(3,16(21)23-5-2)14-11-18-10-13(19-14)12-8-6-7-9-12/h10-12H,4-9H2,1-3H3. The largest absolute Gasteiger partial charge is 0.465 e. The van der Waals surface area contributed by atoms with Crippen LogP contribution < -0.4 is 0 Å². The minimum atomic E-state index is -1.59. The Morgan fingerprint density at radius 1 is 1.13 bits per heavy atom. The zero-order valence-corrected chi connectivity index (χ0v) is 14.0. The molecule has 6 heteroatoms. The quantitative estimate of drug-likeness (QED) is 0.592. The van der Waals surface area contributed by atoms with Crippen molar-refractivity contribution in [3.8, 4) is 0 Å². The van der Waals surface area contributed by atoms with Crippen LogP contribution in [0.1, 0.15) is 63.8 Å². The molecule has 1 heterocycles. The molecule has 1 fully saturated rings.